The molecule has 0 saturated carbocycles. The van der Waals surface area contributed by atoms with Gasteiger partial charge in [0, 0.05) is 19.6 Å². The fourth-order valence-corrected chi connectivity index (χ4v) is 2.69. The molecule has 2 rings (SSSR count). The molecular formula is C16H24FN3OS. The molecule has 6 heteroatoms. The van der Waals surface area contributed by atoms with E-state index in [-0.39, 0.29) is 11.9 Å². The number of ether oxygens (including phenoxy) is 1. The first-order chi connectivity index (χ1) is 10.6. The van der Waals surface area contributed by atoms with Crippen LogP contribution in [0.25, 0.3) is 0 Å². The third kappa shape index (κ3) is 5.87. The Morgan fingerprint density at radius 1 is 1.32 bits per heavy atom. The van der Waals surface area contributed by atoms with Crippen molar-refractivity contribution in [2.24, 2.45) is 0 Å². The standard InChI is InChI=1S/C16H24FN3OS/c1-13(14-3-5-15(17)6-4-14)19-16(22)18-7-2-8-20-9-11-21-12-10-20/h3-6,13H,2,7-12H2,1H3,(H2,18,19,22)/t13-/m0/s1. The molecule has 1 aromatic rings. The van der Waals surface area contributed by atoms with Gasteiger partial charge in [0.05, 0.1) is 19.3 Å². The molecular weight excluding hydrogens is 301 g/mol. The molecule has 0 spiro atoms. The Morgan fingerprint density at radius 3 is 2.68 bits per heavy atom. The molecule has 1 aliphatic rings. The van der Waals surface area contributed by atoms with E-state index in [9.17, 15) is 4.39 Å². The summed E-state index contributed by atoms with van der Waals surface area (Å²) in [5.41, 5.74) is 1.01. The zero-order chi connectivity index (χ0) is 15.8. The smallest absolute Gasteiger partial charge is 0.166 e. The number of hydrogen-bond donors (Lipinski definition) is 2. The third-order valence-corrected chi connectivity index (χ3v) is 4.02. The van der Waals surface area contributed by atoms with E-state index in [0.29, 0.717) is 5.11 Å². The Kier molecular flexibility index (Phi) is 7.02. The zero-order valence-corrected chi connectivity index (χ0v) is 13.8. The predicted octanol–water partition coefficient (Wildman–Crippen LogP) is 2.07. The summed E-state index contributed by atoms with van der Waals surface area (Å²) < 4.78 is 18.2. The highest BCUT2D eigenvalue weighted by Crippen LogP contribution is 2.12. The first-order valence-corrected chi connectivity index (χ1v) is 8.16. The highest BCUT2D eigenvalue weighted by molar-refractivity contribution is 7.80. The van der Waals surface area contributed by atoms with E-state index in [1.807, 2.05) is 6.92 Å². The van der Waals surface area contributed by atoms with Gasteiger partial charge in [-0.25, -0.2) is 4.39 Å². The maximum absolute atomic E-state index is 12.9. The van der Waals surface area contributed by atoms with Gasteiger partial charge in [-0.1, -0.05) is 12.1 Å². The molecule has 122 valence electrons. The van der Waals surface area contributed by atoms with E-state index in [1.165, 1.54) is 12.1 Å². The number of thiocarbonyl (C=S) groups is 1. The van der Waals surface area contributed by atoms with E-state index < -0.39 is 0 Å². The summed E-state index contributed by atoms with van der Waals surface area (Å²) in [5, 5.41) is 7.08. The second-order valence-electron chi connectivity index (χ2n) is 5.48. The van der Waals surface area contributed by atoms with Crippen LogP contribution in [0.3, 0.4) is 0 Å². The van der Waals surface area contributed by atoms with Crippen molar-refractivity contribution in [2.75, 3.05) is 39.4 Å². The molecule has 0 bridgehead atoms. The number of halogens is 1. The average molecular weight is 325 g/mol. The van der Waals surface area contributed by atoms with Crippen LogP contribution in [0.2, 0.25) is 0 Å². The molecule has 22 heavy (non-hydrogen) atoms. The predicted molar refractivity (Wildman–Crippen MR) is 90.4 cm³/mol. The molecule has 0 aromatic heterocycles. The van der Waals surface area contributed by atoms with Gasteiger partial charge in [0.25, 0.3) is 0 Å². The Hall–Kier alpha value is -1.24. The van der Waals surface area contributed by atoms with Gasteiger partial charge in [-0.3, -0.25) is 4.90 Å². The minimum Gasteiger partial charge on any atom is -0.379 e. The molecule has 1 saturated heterocycles. The molecule has 1 heterocycles. The number of benzene rings is 1. The highest BCUT2D eigenvalue weighted by atomic mass is 32.1. The molecule has 1 atom stereocenters. The van der Waals surface area contributed by atoms with Gasteiger partial charge < -0.3 is 15.4 Å². The van der Waals surface area contributed by atoms with Crippen LogP contribution in [0.1, 0.15) is 24.9 Å². The second kappa shape index (κ2) is 9.02. The van der Waals surface area contributed by atoms with Gasteiger partial charge in [0.2, 0.25) is 0 Å². The van der Waals surface area contributed by atoms with Crippen molar-refractivity contribution in [3.8, 4) is 0 Å². The number of nitrogens with one attached hydrogen (secondary N) is 2. The largest absolute Gasteiger partial charge is 0.379 e. The number of hydrogen-bond acceptors (Lipinski definition) is 3. The Balaban J connectivity index is 1.61. The van der Waals surface area contributed by atoms with Gasteiger partial charge >= 0.3 is 0 Å². The molecule has 0 amide bonds. The van der Waals surface area contributed by atoms with E-state index in [4.69, 9.17) is 17.0 Å². The van der Waals surface area contributed by atoms with Crippen LogP contribution >= 0.6 is 12.2 Å². The lowest BCUT2D eigenvalue weighted by atomic mass is 10.1. The fraction of sp³-hybridized carbons (Fsp3) is 0.562. The molecule has 2 N–H and O–H groups in total. The lowest BCUT2D eigenvalue weighted by molar-refractivity contribution is 0.0376. The minimum atomic E-state index is -0.222. The number of morpholine rings is 1. The summed E-state index contributed by atoms with van der Waals surface area (Å²) in [4.78, 5) is 2.41. The van der Waals surface area contributed by atoms with Crippen LogP contribution in [0.15, 0.2) is 24.3 Å². The van der Waals surface area contributed by atoms with Crippen LogP contribution in [0.5, 0.6) is 0 Å². The first kappa shape index (κ1) is 17.1. The van der Waals surface area contributed by atoms with Gasteiger partial charge in [-0.15, -0.1) is 0 Å². The molecule has 1 aromatic carbocycles. The third-order valence-electron chi connectivity index (χ3n) is 3.76. The lowest BCUT2D eigenvalue weighted by Crippen LogP contribution is -2.40. The van der Waals surface area contributed by atoms with Crippen molar-refractivity contribution in [1.82, 2.24) is 15.5 Å². The van der Waals surface area contributed by atoms with Crippen molar-refractivity contribution in [3.05, 3.63) is 35.6 Å². The van der Waals surface area contributed by atoms with Crippen molar-refractivity contribution < 1.29 is 9.13 Å². The van der Waals surface area contributed by atoms with Crippen molar-refractivity contribution in [3.63, 3.8) is 0 Å². The topological polar surface area (TPSA) is 36.5 Å². The number of nitrogens with zero attached hydrogens (tertiary/aromatic N) is 1. The molecule has 1 fully saturated rings. The molecule has 0 unspecified atom stereocenters. The van der Waals surface area contributed by atoms with Gasteiger partial charge in [0.1, 0.15) is 5.82 Å². The summed E-state index contributed by atoms with van der Waals surface area (Å²) in [5.74, 6) is -0.222. The van der Waals surface area contributed by atoms with Crippen LogP contribution in [0, 0.1) is 5.82 Å². The average Bonchev–Trinajstić information content (AvgIpc) is 2.53. The maximum Gasteiger partial charge on any atom is 0.166 e. The molecule has 1 aliphatic heterocycles. The van der Waals surface area contributed by atoms with E-state index >= 15 is 0 Å². The summed E-state index contributed by atoms with van der Waals surface area (Å²) in [6.07, 6.45) is 1.05. The van der Waals surface area contributed by atoms with Crippen molar-refractivity contribution >= 4 is 17.3 Å². The molecule has 0 aliphatic carbocycles. The highest BCUT2D eigenvalue weighted by Gasteiger charge is 2.10. The van der Waals surface area contributed by atoms with E-state index in [1.54, 1.807) is 12.1 Å². The monoisotopic (exact) mass is 325 g/mol. The van der Waals surface area contributed by atoms with E-state index in [2.05, 4.69) is 15.5 Å². The molecule has 4 nitrogen and oxygen atoms in total. The Morgan fingerprint density at radius 2 is 2.00 bits per heavy atom. The normalized spacial score (nSPS) is 17.0. The Labute approximate surface area is 137 Å². The SMILES string of the molecule is C[C@H](NC(=S)NCCCN1CCOCC1)c1ccc(F)cc1. The fourth-order valence-electron chi connectivity index (χ4n) is 2.41. The first-order valence-electron chi connectivity index (χ1n) is 7.75. The van der Waals surface area contributed by atoms with Crippen molar-refractivity contribution in [2.45, 2.75) is 19.4 Å². The van der Waals surface area contributed by atoms with Crippen molar-refractivity contribution in [1.29, 1.82) is 0 Å². The molecule has 0 radical (unpaired) electrons. The van der Waals surface area contributed by atoms with Crippen LogP contribution in [-0.2, 0) is 4.74 Å². The van der Waals surface area contributed by atoms with Gasteiger partial charge in [-0.05, 0) is 49.8 Å². The number of rotatable bonds is 6. The quantitative estimate of drug-likeness (QED) is 0.619. The van der Waals surface area contributed by atoms with Gasteiger partial charge in [-0.2, -0.15) is 0 Å². The summed E-state index contributed by atoms with van der Waals surface area (Å²) >= 11 is 5.30. The summed E-state index contributed by atoms with van der Waals surface area (Å²) in [6.45, 7) is 7.63. The lowest BCUT2D eigenvalue weighted by Gasteiger charge is -2.26. The summed E-state index contributed by atoms with van der Waals surface area (Å²) in [6, 6.07) is 6.53. The van der Waals surface area contributed by atoms with Crippen LogP contribution in [-0.4, -0.2) is 49.4 Å². The van der Waals surface area contributed by atoms with Crippen LogP contribution in [0.4, 0.5) is 4.39 Å². The zero-order valence-electron chi connectivity index (χ0n) is 13.0. The summed E-state index contributed by atoms with van der Waals surface area (Å²) in [7, 11) is 0. The second-order valence-corrected chi connectivity index (χ2v) is 5.89. The van der Waals surface area contributed by atoms with Gasteiger partial charge in [0.15, 0.2) is 5.11 Å². The Bertz CT molecular complexity index is 463. The van der Waals surface area contributed by atoms with E-state index in [0.717, 1.165) is 51.4 Å². The minimum absolute atomic E-state index is 0.0554. The maximum atomic E-state index is 12.9. The van der Waals surface area contributed by atoms with Crippen LogP contribution < -0.4 is 10.6 Å².